The van der Waals surface area contributed by atoms with Gasteiger partial charge >= 0.3 is 0 Å². The molecule has 0 spiro atoms. The summed E-state index contributed by atoms with van der Waals surface area (Å²) in [4.78, 5) is 2.24. The van der Waals surface area contributed by atoms with Gasteiger partial charge in [-0.25, -0.2) is 0 Å². The van der Waals surface area contributed by atoms with Gasteiger partial charge in [-0.15, -0.1) is 0 Å². The maximum absolute atomic E-state index is 3.50. The molecule has 82 valence electrons. The first-order valence-corrected chi connectivity index (χ1v) is 5.82. The van der Waals surface area contributed by atoms with Gasteiger partial charge in [-0.1, -0.05) is 11.6 Å². The Morgan fingerprint density at radius 3 is 2.86 bits per heavy atom. The third-order valence-corrected chi connectivity index (χ3v) is 2.72. The molecule has 0 aromatic carbocycles. The molecule has 0 bridgehead atoms. The lowest BCUT2D eigenvalue weighted by Gasteiger charge is -2.09. The summed E-state index contributed by atoms with van der Waals surface area (Å²) in [6.07, 6.45) is 8.99. The van der Waals surface area contributed by atoms with Crippen molar-refractivity contribution in [2.75, 3.05) is 33.7 Å². The quantitative estimate of drug-likeness (QED) is 0.495. The van der Waals surface area contributed by atoms with Gasteiger partial charge in [-0.2, -0.15) is 0 Å². The normalized spacial score (nSPS) is 16.4. The molecule has 1 aliphatic rings. The Morgan fingerprint density at radius 1 is 1.36 bits per heavy atom. The van der Waals surface area contributed by atoms with Crippen molar-refractivity contribution in [1.82, 2.24) is 10.2 Å². The van der Waals surface area contributed by atoms with E-state index in [9.17, 15) is 0 Å². The van der Waals surface area contributed by atoms with Crippen molar-refractivity contribution in [3.05, 3.63) is 11.6 Å². The zero-order valence-corrected chi connectivity index (χ0v) is 9.68. The van der Waals surface area contributed by atoms with Gasteiger partial charge in [-0.3, -0.25) is 0 Å². The Kier molecular flexibility index (Phi) is 5.88. The predicted octanol–water partition coefficient (Wildman–Crippen LogP) is 2.03. The first-order valence-electron chi connectivity index (χ1n) is 5.82. The third kappa shape index (κ3) is 5.40. The number of nitrogens with one attached hydrogen (secondary N) is 1. The lowest BCUT2D eigenvalue weighted by atomic mass is 10.2. The monoisotopic (exact) mass is 196 g/mol. The standard InChI is InChI=1S/C12H24N2/c1-14(2)11-5-9-13-10-8-12-6-3-4-7-12/h6,13H,3-5,7-11H2,1-2H3. The molecule has 2 nitrogen and oxygen atoms in total. The Labute approximate surface area is 88.4 Å². The van der Waals surface area contributed by atoms with Gasteiger partial charge in [-0.05, 0) is 65.8 Å². The average molecular weight is 196 g/mol. The molecule has 2 heteroatoms. The molecule has 0 fully saturated rings. The van der Waals surface area contributed by atoms with E-state index in [1.807, 2.05) is 0 Å². The van der Waals surface area contributed by atoms with Crippen LogP contribution in [0.25, 0.3) is 0 Å². The van der Waals surface area contributed by atoms with E-state index < -0.39 is 0 Å². The maximum Gasteiger partial charge on any atom is -0.00116 e. The third-order valence-electron chi connectivity index (χ3n) is 2.72. The molecule has 1 rings (SSSR count). The second-order valence-electron chi connectivity index (χ2n) is 4.41. The molecule has 14 heavy (non-hydrogen) atoms. The predicted molar refractivity (Wildman–Crippen MR) is 62.6 cm³/mol. The molecule has 0 radical (unpaired) electrons. The van der Waals surface area contributed by atoms with E-state index in [-0.39, 0.29) is 0 Å². The molecular weight excluding hydrogens is 172 g/mol. The number of hydrogen-bond acceptors (Lipinski definition) is 2. The van der Waals surface area contributed by atoms with Gasteiger partial charge in [0.1, 0.15) is 0 Å². The fourth-order valence-electron chi connectivity index (χ4n) is 1.86. The van der Waals surface area contributed by atoms with Crippen molar-refractivity contribution in [3.63, 3.8) is 0 Å². The van der Waals surface area contributed by atoms with Crippen LogP contribution in [0.3, 0.4) is 0 Å². The van der Waals surface area contributed by atoms with Crippen LogP contribution < -0.4 is 5.32 Å². The van der Waals surface area contributed by atoms with Crippen molar-refractivity contribution in [1.29, 1.82) is 0 Å². The summed E-state index contributed by atoms with van der Waals surface area (Å²) in [7, 11) is 4.26. The van der Waals surface area contributed by atoms with E-state index in [1.54, 1.807) is 5.57 Å². The zero-order valence-electron chi connectivity index (χ0n) is 9.68. The Morgan fingerprint density at radius 2 is 2.21 bits per heavy atom. The summed E-state index contributed by atoms with van der Waals surface area (Å²) in [5.41, 5.74) is 1.67. The Balaban J connectivity index is 1.84. The summed E-state index contributed by atoms with van der Waals surface area (Å²) in [6.45, 7) is 3.51. The van der Waals surface area contributed by atoms with E-state index in [4.69, 9.17) is 0 Å². The van der Waals surface area contributed by atoms with E-state index >= 15 is 0 Å². The number of hydrogen-bond donors (Lipinski definition) is 1. The second-order valence-corrected chi connectivity index (χ2v) is 4.41. The maximum atomic E-state index is 3.50. The Hall–Kier alpha value is -0.340. The summed E-state index contributed by atoms with van der Waals surface area (Å²) in [5.74, 6) is 0. The van der Waals surface area contributed by atoms with Crippen LogP contribution in [0.2, 0.25) is 0 Å². The minimum atomic E-state index is 1.16. The lowest BCUT2D eigenvalue weighted by molar-refractivity contribution is 0.395. The van der Waals surface area contributed by atoms with E-state index in [2.05, 4.69) is 30.4 Å². The fourth-order valence-corrected chi connectivity index (χ4v) is 1.86. The van der Waals surface area contributed by atoms with E-state index in [0.29, 0.717) is 0 Å². The first kappa shape index (κ1) is 11.7. The zero-order chi connectivity index (χ0) is 10.2. The van der Waals surface area contributed by atoms with Crippen molar-refractivity contribution in [2.45, 2.75) is 32.1 Å². The molecular formula is C12H24N2. The highest BCUT2D eigenvalue weighted by Gasteiger charge is 2.02. The van der Waals surface area contributed by atoms with Crippen molar-refractivity contribution >= 4 is 0 Å². The van der Waals surface area contributed by atoms with Crippen LogP contribution >= 0.6 is 0 Å². The average Bonchev–Trinajstić information content (AvgIpc) is 2.63. The van der Waals surface area contributed by atoms with Gasteiger partial charge in [0.25, 0.3) is 0 Å². The first-order chi connectivity index (χ1) is 6.79. The van der Waals surface area contributed by atoms with Crippen LogP contribution in [-0.4, -0.2) is 38.6 Å². The molecule has 0 aromatic rings. The van der Waals surface area contributed by atoms with Crippen LogP contribution in [-0.2, 0) is 0 Å². The van der Waals surface area contributed by atoms with Gasteiger partial charge in [0, 0.05) is 0 Å². The topological polar surface area (TPSA) is 15.3 Å². The van der Waals surface area contributed by atoms with Crippen LogP contribution in [0.5, 0.6) is 0 Å². The van der Waals surface area contributed by atoms with Gasteiger partial charge in [0.2, 0.25) is 0 Å². The molecule has 0 atom stereocenters. The molecule has 0 aromatic heterocycles. The highest BCUT2D eigenvalue weighted by molar-refractivity contribution is 5.07. The number of allylic oxidation sites excluding steroid dienone is 1. The Bertz CT molecular complexity index is 173. The van der Waals surface area contributed by atoms with Crippen LogP contribution in [0.1, 0.15) is 32.1 Å². The van der Waals surface area contributed by atoms with Gasteiger partial charge in [0.05, 0.1) is 0 Å². The SMILES string of the molecule is CN(C)CCCNCCC1=CCCC1. The largest absolute Gasteiger partial charge is 0.316 e. The minimum absolute atomic E-state index is 1.16. The lowest BCUT2D eigenvalue weighted by Crippen LogP contribution is -2.22. The van der Waals surface area contributed by atoms with Crippen molar-refractivity contribution in [2.24, 2.45) is 0 Å². The van der Waals surface area contributed by atoms with Gasteiger partial charge < -0.3 is 10.2 Å². The molecule has 0 saturated heterocycles. The summed E-state index contributed by atoms with van der Waals surface area (Å²) < 4.78 is 0. The number of rotatable bonds is 7. The summed E-state index contributed by atoms with van der Waals surface area (Å²) in [6, 6.07) is 0. The van der Waals surface area contributed by atoms with E-state index in [0.717, 1.165) is 6.54 Å². The molecule has 0 saturated carbocycles. The highest BCUT2D eigenvalue weighted by Crippen LogP contribution is 2.19. The van der Waals surface area contributed by atoms with Gasteiger partial charge in [0.15, 0.2) is 0 Å². The number of nitrogens with zero attached hydrogens (tertiary/aromatic N) is 1. The van der Waals surface area contributed by atoms with Crippen LogP contribution in [0.15, 0.2) is 11.6 Å². The molecule has 0 unspecified atom stereocenters. The smallest absolute Gasteiger partial charge is 0.00116 e. The van der Waals surface area contributed by atoms with Crippen LogP contribution in [0, 0.1) is 0 Å². The van der Waals surface area contributed by atoms with Crippen molar-refractivity contribution in [3.8, 4) is 0 Å². The molecule has 0 amide bonds. The molecule has 1 aliphatic carbocycles. The van der Waals surface area contributed by atoms with Crippen molar-refractivity contribution < 1.29 is 0 Å². The van der Waals surface area contributed by atoms with Crippen LogP contribution in [0.4, 0.5) is 0 Å². The second kappa shape index (κ2) is 7.02. The molecule has 0 heterocycles. The summed E-state index contributed by atoms with van der Waals surface area (Å²) in [5, 5.41) is 3.50. The fraction of sp³-hybridized carbons (Fsp3) is 0.833. The minimum Gasteiger partial charge on any atom is -0.316 e. The highest BCUT2D eigenvalue weighted by atomic mass is 15.0. The summed E-state index contributed by atoms with van der Waals surface area (Å²) >= 11 is 0. The molecule has 0 aliphatic heterocycles. The molecule has 1 N–H and O–H groups in total. The van der Waals surface area contributed by atoms with E-state index in [1.165, 1.54) is 45.2 Å².